The van der Waals surface area contributed by atoms with Crippen molar-refractivity contribution in [3.8, 4) is 0 Å². The minimum atomic E-state index is 0.121. The number of rotatable bonds is 1. The minimum absolute atomic E-state index is 0.121. The summed E-state index contributed by atoms with van der Waals surface area (Å²) in [5, 5.41) is 9.90. The zero-order chi connectivity index (χ0) is 13.7. The highest BCUT2D eigenvalue weighted by molar-refractivity contribution is 5.41. The van der Waals surface area contributed by atoms with Gasteiger partial charge in [0.05, 0.1) is 0 Å². The average molecular weight is 258 g/mol. The van der Waals surface area contributed by atoms with Crippen molar-refractivity contribution in [3.63, 3.8) is 0 Å². The molecule has 19 heavy (non-hydrogen) atoms. The second-order valence-corrected chi connectivity index (χ2v) is 7.34. The molecule has 0 radical (unpaired) electrons. The smallest absolute Gasteiger partial charge is 0.0487 e. The van der Waals surface area contributed by atoms with Crippen LogP contribution in [0.1, 0.15) is 56.2 Å². The van der Waals surface area contributed by atoms with Gasteiger partial charge in [0.2, 0.25) is 0 Å². The van der Waals surface area contributed by atoms with Gasteiger partial charge < -0.3 is 5.11 Å². The Kier molecular flexibility index (Phi) is 3.01. The number of hydrogen-bond donors (Lipinski definition) is 1. The maximum atomic E-state index is 9.90. The van der Waals surface area contributed by atoms with Gasteiger partial charge >= 0.3 is 0 Å². The lowest BCUT2D eigenvalue weighted by atomic mass is 9.50. The van der Waals surface area contributed by atoms with Crippen LogP contribution in [0.3, 0.4) is 0 Å². The molecule has 0 amide bonds. The first-order valence-corrected chi connectivity index (χ1v) is 7.70. The van der Waals surface area contributed by atoms with Gasteiger partial charge in [0.1, 0.15) is 0 Å². The zero-order valence-electron chi connectivity index (χ0n) is 12.5. The van der Waals surface area contributed by atoms with E-state index in [0.29, 0.717) is 12.5 Å². The summed E-state index contributed by atoms with van der Waals surface area (Å²) in [6.45, 7) is 7.27. The molecular weight excluding hydrogens is 232 g/mol. The Hall–Kier alpha value is -0.820. The quantitative estimate of drug-likeness (QED) is 0.807. The molecule has 0 aromatic heterocycles. The molecule has 0 aliphatic heterocycles. The van der Waals surface area contributed by atoms with Crippen molar-refractivity contribution in [2.75, 3.05) is 6.61 Å². The van der Waals surface area contributed by atoms with Gasteiger partial charge in [0.25, 0.3) is 0 Å². The number of benzene rings is 1. The molecule has 1 fully saturated rings. The van der Waals surface area contributed by atoms with Crippen LogP contribution in [0.4, 0.5) is 0 Å². The lowest BCUT2D eigenvalue weighted by Crippen LogP contribution is -2.50. The fourth-order valence-corrected chi connectivity index (χ4v) is 4.94. The largest absolute Gasteiger partial charge is 0.396 e. The Morgan fingerprint density at radius 2 is 2.05 bits per heavy atom. The van der Waals surface area contributed by atoms with Crippen LogP contribution in [0.2, 0.25) is 0 Å². The highest BCUT2D eigenvalue weighted by atomic mass is 16.3. The Morgan fingerprint density at radius 1 is 1.26 bits per heavy atom. The van der Waals surface area contributed by atoms with Crippen molar-refractivity contribution in [1.29, 1.82) is 0 Å². The van der Waals surface area contributed by atoms with E-state index in [1.165, 1.54) is 37.7 Å². The van der Waals surface area contributed by atoms with E-state index in [9.17, 15) is 5.11 Å². The first-order chi connectivity index (χ1) is 8.99. The van der Waals surface area contributed by atoms with E-state index < -0.39 is 0 Å². The summed E-state index contributed by atoms with van der Waals surface area (Å²) in [5.41, 5.74) is 4.89. The molecule has 1 saturated carbocycles. The molecule has 0 saturated heterocycles. The second kappa shape index (κ2) is 4.34. The minimum Gasteiger partial charge on any atom is -0.396 e. The van der Waals surface area contributed by atoms with Crippen molar-refractivity contribution in [1.82, 2.24) is 0 Å². The molecule has 0 spiro atoms. The molecule has 2 aliphatic rings. The van der Waals surface area contributed by atoms with E-state index >= 15 is 0 Å². The Morgan fingerprint density at radius 3 is 2.79 bits per heavy atom. The van der Waals surface area contributed by atoms with Gasteiger partial charge in [-0.25, -0.2) is 0 Å². The van der Waals surface area contributed by atoms with Gasteiger partial charge in [-0.3, -0.25) is 0 Å². The summed E-state index contributed by atoms with van der Waals surface area (Å²) in [4.78, 5) is 0. The topological polar surface area (TPSA) is 20.2 Å². The normalized spacial score (nSPS) is 37.6. The van der Waals surface area contributed by atoms with E-state index in [0.717, 1.165) is 0 Å². The van der Waals surface area contributed by atoms with E-state index in [1.54, 1.807) is 11.1 Å². The Balaban J connectivity index is 2.09. The van der Waals surface area contributed by atoms with Crippen molar-refractivity contribution in [3.05, 3.63) is 34.9 Å². The third kappa shape index (κ3) is 1.86. The number of aryl methyl sites for hydroxylation is 2. The zero-order valence-corrected chi connectivity index (χ0v) is 12.5. The number of fused-ring (bicyclic) bond motifs is 3. The van der Waals surface area contributed by atoms with Crippen LogP contribution in [-0.4, -0.2) is 11.7 Å². The maximum absolute atomic E-state index is 9.90. The highest BCUT2D eigenvalue weighted by Crippen LogP contribution is 2.56. The fourth-order valence-electron chi connectivity index (χ4n) is 4.94. The van der Waals surface area contributed by atoms with Gasteiger partial charge in [-0.05, 0) is 60.5 Å². The number of hydrogen-bond acceptors (Lipinski definition) is 1. The van der Waals surface area contributed by atoms with Crippen molar-refractivity contribution in [2.24, 2.45) is 11.3 Å². The lowest BCUT2D eigenvalue weighted by Gasteiger charge is -2.55. The lowest BCUT2D eigenvalue weighted by molar-refractivity contribution is -0.0178. The summed E-state index contributed by atoms with van der Waals surface area (Å²) in [5.74, 6) is 0.633. The van der Waals surface area contributed by atoms with E-state index in [-0.39, 0.29) is 10.8 Å². The van der Waals surface area contributed by atoms with Gasteiger partial charge in [-0.15, -0.1) is 0 Å². The SMILES string of the molecule is Cc1ccc2c(c1)CC[C@H]1[C@@](C)(CO)CCC[C@]21C. The summed E-state index contributed by atoms with van der Waals surface area (Å²) >= 11 is 0. The average Bonchev–Trinajstić information content (AvgIpc) is 2.38. The van der Waals surface area contributed by atoms with Crippen LogP contribution in [0.25, 0.3) is 0 Å². The van der Waals surface area contributed by atoms with Crippen LogP contribution >= 0.6 is 0 Å². The third-order valence-electron chi connectivity index (χ3n) is 5.99. The number of aliphatic hydroxyl groups is 1. The monoisotopic (exact) mass is 258 g/mol. The summed E-state index contributed by atoms with van der Waals surface area (Å²) in [7, 11) is 0. The Bertz CT molecular complexity index is 492. The summed E-state index contributed by atoms with van der Waals surface area (Å²) in [6, 6.07) is 7.00. The third-order valence-corrected chi connectivity index (χ3v) is 5.99. The predicted molar refractivity (Wildman–Crippen MR) is 79.4 cm³/mol. The summed E-state index contributed by atoms with van der Waals surface area (Å²) < 4.78 is 0. The molecule has 104 valence electrons. The predicted octanol–water partition coefficient (Wildman–Crippen LogP) is 4.00. The molecule has 3 atom stereocenters. The van der Waals surface area contributed by atoms with Crippen molar-refractivity contribution < 1.29 is 5.11 Å². The van der Waals surface area contributed by atoms with Gasteiger partial charge in [-0.2, -0.15) is 0 Å². The second-order valence-electron chi connectivity index (χ2n) is 7.34. The molecule has 1 nitrogen and oxygen atoms in total. The van der Waals surface area contributed by atoms with Crippen molar-refractivity contribution >= 4 is 0 Å². The van der Waals surface area contributed by atoms with Crippen LogP contribution < -0.4 is 0 Å². The molecule has 0 heterocycles. The van der Waals surface area contributed by atoms with Gasteiger partial charge in [0.15, 0.2) is 0 Å². The first kappa shape index (κ1) is 13.2. The van der Waals surface area contributed by atoms with Gasteiger partial charge in [0, 0.05) is 6.61 Å². The maximum Gasteiger partial charge on any atom is 0.0487 e. The van der Waals surface area contributed by atoms with E-state index in [1.807, 2.05) is 0 Å². The highest BCUT2D eigenvalue weighted by Gasteiger charge is 2.51. The van der Waals surface area contributed by atoms with Crippen molar-refractivity contribution in [2.45, 2.75) is 58.3 Å². The van der Waals surface area contributed by atoms with E-state index in [4.69, 9.17) is 0 Å². The van der Waals surface area contributed by atoms with Gasteiger partial charge in [-0.1, -0.05) is 44.0 Å². The molecule has 1 aromatic carbocycles. The van der Waals surface area contributed by atoms with E-state index in [2.05, 4.69) is 39.0 Å². The number of aliphatic hydroxyl groups excluding tert-OH is 1. The summed E-state index contributed by atoms with van der Waals surface area (Å²) in [6.07, 6.45) is 6.14. The first-order valence-electron chi connectivity index (χ1n) is 7.70. The van der Waals surface area contributed by atoms with Crippen LogP contribution in [0.5, 0.6) is 0 Å². The Labute approximate surface area is 117 Å². The molecule has 0 bridgehead atoms. The molecule has 3 rings (SSSR count). The van der Waals surface area contributed by atoms with Crippen LogP contribution in [0.15, 0.2) is 18.2 Å². The molecule has 1 aromatic rings. The fraction of sp³-hybridized carbons (Fsp3) is 0.667. The molecule has 0 unspecified atom stereocenters. The van der Waals surface area contributed by atoms with Crippen LogP contribution in [-0.2, 0) is 11.8 Å². The molecular formula is C18H26O. The molecule has 1 heteroatoms. The molecule has 1 N–H and O–H groups in total. The molecule has 2 aliphatic carbocycles. The van der Waals surface area contributed by atoms with Crippen LogP contribution in [0, 0.1) is 18.3 Å². The standard InChI is InChI=1S/C18H26O/c1-13-5-7-15-14(11-13)6-8-16-17(2,12-19)9-4-10-18(15,16)3/h5,7,11,16,19H,4,6,8-10,12H2,1-3H3/t16-,17+,18+/m0/s1.